The van der Waals surface area contributed by atoms with E-state index in [1.807, 2.05) is 0 Å². The van der Waals surface area contributed by atoms with Crippen molar-refractivity contribution in [1.82, 2.24) is 0 Å². The van der Waals surface area contributed by atoms with E-state index in [1.54, 1.807) is 0 Å². The summed E-state index contributed by atoms with van der Waals surface area (Å²) >= 11 is 3.57. The number of hydrogen-bond acceptors (Lipinski definition) is 2. The Bertz CT molecular complexity index is 440. The van der Waals surface area contributed by atoms with E-state index < -0.39 is 0 Å². The second kappa shape index (κ2) is 4.86. The highest BCUT2D eigenvalue weighted by Gasteiger charge is 2.48. The first-order chi connectivity index (χ1) is 8.75. The van der Waals surface area contributed by atoms with Crippen molar-refractivity contribution in [2.45, 2.75) is 50.0 Å². The number of benzene rings is 1. The molecule has 3 rings (SSSR count). The molecule has 98 valence electrons. The van der Waals surface area contributed by atoms with Crippen molar-refractivity contribution in [1.29, 1.82) is 0 Å². The van der Waals surface area contributed by atoms with Gasteiger partial charge in [0.05, 0.1) is 0 Å². The molecule has 0 radical (unpaired) electrons. The second-order valence-corrected chi connectivity index (χ2v) is 6.46. The molecule has 1 aliphatic carbocycles. The lowest BCUT2D eigenvalue weighted by Gasteiger charge is -2.38. The minimum atomic E-state index is 0.0424. The van der Waals surface area contributed by atoms with Gasteiger partial charge in [-0.15, -0.1) is 0 Å². The van der Waals surface area contributed by atoms with Crippen LogP contribution in [0.2, 0.25) is 0 Å². The second-order valence-electron chi connectivity index (χ2n) is 5.54. The van der Waals surface area contributed by atoms with E-state index in [9.17, 15) is 0 Å². The van der Waals surface area contributed by atoms with Gasteiger partial charge in [0.15, 0.2) is 0 Å². The fourth-order valence-corrected chi connectivity index (χ4v) is 4.02. The van der Waals surface area contributed by atoms with Crippen LogP contribution in [0.25, 0.3) is 0 Å². The predicted molar refractivity (Wildman–Crippen MR) is 77.0 cm³/mol. The Labute approximate surface area is 117 Å². The zero-order valence-corrected chi connectivity index (χ0v) is 12.2. The van der Waals surface area contributed by atoms with Crippen molar-refractivity contribution in [3.05, 3.63) is 28.2 Å². The third kappa shape index (κ3) is 1.97. The summed E-state index contributed by atoms with van der Waals surface area (Å²) in [6.07, 6.45) is 7.32. The van der Waals surface area contributed by atoms with Gasteiger partial charge in [-0.1, -0.05) is 22.4 Å². The molecule has 1 atom stereocenters. The van der Waals surface area contributed by atoms with Gasteiger partial charge in [0, 0.05) is 16.0 Å². The molecule has 1 spiro atoms. The molecule has 2 N–H and O–H groups in total. The van der Waals surface area contributed by atoms with Crippen LogP contribution in [-0.4, -0.2) is 12.1 Å². The van der Waals surface area contributed by atoms with Crippen molar-refractivity contribution < 1.29 is 4.74 Å². The van der Waals surface area contributed by atoms with Crippen LogP contribution in [0.15, 0.2) is 22.7 Å². The van der Waals surface area contributed by atoms with Gasteiger partial charge in [0.1, 0.15) is 11.4 Å². The van der Waals surface area contributed by atoms with Crippen LogP contribution in [0.4, 0.5) is 0 Å². The summed E-state index contributed by atoms with van der Waals surface area (Å²) in [5.41, 5.74) is 7.23. The van der Waals surface area contributed by atoms with Crippen molar-refractivity contribution in [2.75, 3.05) is 6.54 Å². The van der Waals surface area contributed by atoms with Crippen molar-refractivity contribution >= 4 is 15.9 Å². The first-order valence-electron chi connectivity index (χ1n) is 6.94. The summed E-state index contributed by atoms with van der Waals surface area (Å²) < 4.78 is 7.52. The molecule has 1 heterocycles. The van der Waals surface area contributed by atoms with Crippen molar-refractivity contribution in [2.24, 2.45) is 5.73 Å². The van der Waals surface area contributed by atoms with Gasteiger partial charge in [-0.2, -0.15) is 0 Å². The number of rotatable bonds is 2. The molecule has 0 saturated heterocycles. The Balaban J connectivity index is 1.99. The van der Waals surface area contributed by atoms with E-state index >= 15 is 0 Å². The Morgan fingerprint density at radius 2 is 2.06 bits per heavy atom. The fourth-order valence-electron chi connectivity index (χ4n) is 3.64. The van der Waals surface area contributed by atoms with E-state index in [0.717, 1.165) is 23.2 Å². The Morgan fingerprint density at radius 3 is 2.78 bits per heavy atom. The number of halogens is 1. The van der Waals surface area contributed by atoms with Gasteiger partial charge in [-0.3, -0.25) is 0 Å². The number of fused-ring (bicyclic) bond motifs is 1. The zero-order chi connectivity index (χ0) is 12.6. The number of ether oxygens (including phenoxy) is 1. The van der Waals surface area contributed by atoms with E-state index in [4.69, 9.17) is 10.5 Å². The fraction of sp³-hybridized carbons (Fsp3) is 0.600. The Morgan fingerprint density at radius 1 is 1.28 bits per heavy atom. The topological polar surface area (TPSA) is 35.2 Å². The molecule has 1 saturated carbocycles. The monoisotopic (exact) mass is 309 g/mol. The lowest BCUT2D eigenvalue weighted by molar-refractivity contribution is 0.0269. The maximum atomic E-state index is 6.38. The Hall–Kier alpha value is -0.540. The molecule has 0 amide bonds. The quantitative estimate of drug-likeness (QED) is 0.897. The third-order valence-corrected chi connectivity index (χ3v) is 4.94. The summed E-state index contributed by atoms with van der Waals surface area (Å²) in [7, 11) is 0. The summed E-state index contributed by atoms with van der Waals surface area (Å²) in [5.74, 6) is 1.56. The molecule has 18 heavy (non-hydrogen) atoms. The van der Waals surface area contributed by atoms with Crippen LogP contribution in [-0.2, 0) is 0 Å². The molecule has 0 bridgehead atoms. The van der Waals surface area contributed by atoms with Gasteiger partial charge in [-0.05, 0) is 56.8 Å². The minimum absolute atomic E-state index is 0.0424. The van der Waals surface area contributed by atoms with Crippen LogP contribution >= 0.6 is 15.9 Å². The van der Waals surface area contributed by atoms with E-state index in [1.165, 1.54) is 37.7 Å². The van der Waals surface area contributed by atoms with E-state index in [2.05, 4.69) is 34.1 Å². The van der Waals surface area contributed by atoms with Crippen LogP contribution in [0, 0.1) is 0 Å². The maximum absolute atomic E-state index is 6.38. The van der Waals surface area contributed by atoms with Crippen LogP contribution in [0.1, 0.15) is 50.0 Å². The molecule has 2 nitrogen and oxygen atoms in total. The number of hydrogen-bond donors (Lipinski definition) is 1. The van der Waals surface area contributed by atoms with Gasteiger partial charge >= 0.3 is 0 Å². The summed E-state index contributed by atoms with van der Waals surface area (Å²) in [4.78, 5) is 0. The molecule has 1 aromatic rings. The lowest BCUT2D eigenvalue weighted by Crippen LogP contribution is -2.40. The summed E-state index contributed by atoms with van der Waals surface area (Å²) in [5, 5.41) is 0. The average molecular weight is 310 g/mol. The molecule has 1 fully saturated rings. The first kappa shape index (κ1) is 12.5. The van der Waals surface area contributed by atoms with Gasteiger partial charge in [0.2, 0.25) is 0 Å². The van der Waals surface area contributed by atoms with Crippen molar-refractivity contribution in [3.8, 4) is 5.75 Å². The predicted octanol–water partition coefficient (Wildman–Crippen LogP) is 3.98. The van der Waals surface area contributed by atoms with Gasteiger partial charge in [0.25, 0.3) is 0 Å². The minimum Gasteiger partial charge on any atom is -0.486 e. The molecular weight excluding hydrogens is 290 g/mol. The third-order valence-electron chi connectivity index (χ3n) is 4.45. The smallest absolute Gasteiger partial charge is 0.123 e. The maximum Gasteiger partial charge on any atom is 0.123 e. The lowest BCUT2D eigenvalue weighted by atomic mass is 9.73. The van der Waals surface area contributed by atoms with Crippen LogP contribution in [0.3, 0.4) is 0 Å². The number of nitrogens with two attached hydrogens (primary N) is 1. The SMILES string of the molecule is NCCC1c2cc(Br)ccc2OC12CCCCC2. The zero-order valence-electron chi connectivity index (χ0n) is 10.6. The summed E-state index contributed by atoms with van der Waals surface area (Å²) in [6.45, 7) is 0.738. The normalized spacial score (nSPS) is 24.9. The molecule has 1 aliphatic heterocycles. The van der Waals surface area contributed by atoms with Crippen LogP contribution < -0.4 is 10.5 Å². The average Bonchev–Trinajstić information content (AvgIpc) is 2.65. The molecular formula is C15H20BrNO. The van der Waals surface area contributed by atoms with E-state index in [0.29, 0.717) is 5.92 Å². The first-order valence-corrected chi connectivity index (χ1v) is 7.73. The highest BCUT2D eigenvalue weighted by Crippen LogP contribution is 2.53. The molecule has 0 aromatic heterocycles. The molecule has 1 unspecified atom stereocenters. The van der Waals surface area contributed by atoms with Crippen LogP contribution in [0.5, 0.6) is 5.75 Å². The van der Waals surface area contributed by atoms with Crippen molar-refractivity contribution in [3.63, 3.8) is 0 Å². The molecule has 1 aromatic carbocycles. The van der Waals surface area contributed by atoms with Gasteiger partial charge in [-0.25, -0.2) is 0 Å². The highest BCUT2D eigenvalue weighted by atomic mass is 79.9. The summed E-state index contributed by atoms with van der Waals surface area (Å²) in [6, 6.07) is 6.39. The largest absolute Gasteiger partial charge is 0.486 e. The Kier molecular flexibility index (Phi) is 3.37. The standard InChI is InChI=1S/C15H20BrNO/c16-11-4-5-14-12(10-11)13(6-9-17)15(18-14)7-2-1-3-8-15/h4-5,10,13H,1-3,6-9,17H2. The molecule has 2 aliphatic rings. The van der Waals surface area contributed by atoms with E-state index in [-0.39, 0.29) is 5.60 Å². The molecule has 3 heteroatoms. The van der Waals surface area contributed by atoms with Gasteiger partial charge < -0.3 is 10.5 Å². The highest BCUT2D eigenvalue weighted by molar-refractivity contribution is 9.10.